The largest absolute Gasteiger partial charge is 0.356 e. The lowest BCUT2D eigenvalue weighted by molar-refractivity contribution is -0.121. The molecule has 0 aliphatic rings. The van der Waals surface area contributed by atoms with Crippen molar-refractivity contribution < 1.29 is 4.79 Å². The molecule has 0 aliphatic carbocycles. The fourth-order valence-electron chi connectivity index (χ4n) is 3.88. The maximum Gasteiger partial charge on any atom is 0.219 e. The van der Waals surface area contributed by atoms with E-state index in [-0.39, 0.29) is 5.91 Å². The van der Waals surface area contributed by atoms with Gasteiger partial charge in [0.2, 0.25) is 5.91 Å². The van der Waals surface area contributed by atoms with E-state index in [2.05, 4.69) is 31.2 Å². The molecule has 0 bridgehead atoms. The molecule has 0 aromatic carbocycles. The third-order valence-corrected chi connectivity index (χ3v) is 5.86. The molecule has 0 saturated carbocycles. The Morgan fingerprint density at radius 1 is 0.586 bits per heavy atom. The van der Waals surface area contributed by atoms with Gasteiger partial charge in [-0.05, 0) is 39.9 Å². The molecular formula is C26H54N2O. The first-order valence-electron chi connectivity index (χ1n) is 13.1. The highest BCUT2D eigenvalue weighted by atomic mass is 16.1. The Kier molecular flexibility index (Phi) is 23.2. The summed E-state index contributed by atoms with van der Waals surface area (Å²) < 4.78 is 0. The summed E-state index contributed by atoms with van der Waals surface area (Å²) in [5.41, 5.74) is 0. The van der Waals surface area contributed by atoms with E-state index in [4.69, 9.17) is 0 Å². The number of hydrogen-bond acceptors (Lipinski definition) is 2. The van der Waals surface area contributed by atoms with Gasteiger partial charge in [-0.2, -0.15) is 0 Å². The Balaban J connectivity index is 3.12. The third-order valence-electron chi connectivity index (χ3n) is 5.86. The molecule has 0 saturated heterocycles. The van der Waals surface area contributed by atoms with Gasteiger partial charge in [0.05, 0.1) is 0 Å². The van der Waals surface area contributed by atoms with E-state index in [1.807, 2.05) is 0 Å². The van der Waals surface area contributed by atoms with Crippen LogP contribution >= 0.6 is 0 Å². The fraction of sp³-hybridized carbons (Fsp3) is 0.962. The molecule has 0 rings (SSSR count). The lowest BCUT2D eigenvalue weighted by atomic mass is 10.0. The number of hydrogen-bond donors (Lipinski definition) is 1. The van der Waals surface area contributed by atoms with Crippen molar-refractivity contribution in [2.45, 2.75) is 135 Å². The monoisotopic (exact) mass is 410 g/mol. The smallest absolute Gasteiger partial charge is 0.219 e. The number of carbonyl (C=O) groups is 1. The van der Waals surface area contributed by atoms with Gasteiger partial charge >= 0.3 is 0 Å². The average Bonchev–Trinajstić information content (AvgIpc) is 2.69. The SMILES string of the molecule is CCCCCCCCCCCCCCCCCCCC(=O)NCCCCN(C)C. The molecule has 0 unspecified atom stereocenters. The van der Waals surface area contributed by atoms with Crippen LogP contribution in [0.25, 0.3) is 0 Å². The van der Waals surface area contributed by atoms with Gasteiger partial charge in [-0.25, -0.2) is 0 Å². The minimum Gasteiger partial charge on any atom is -0.356 e. The summed E-state index contributed by atoms with van der Waals surface area (Å²) in [7, 11) is 4.19. The van der Waals surface area contributed by atoms with Crippen LogP contribution in [0.1, 0.15) is 135 Å². The van der Waals surface area contributed by atoms with Crippen LogP contribution in [0.15, 0.2) is 0 Å². The Morgan fingerprint density at radius 3 is 1.41 bits per heavy atom. The lowest BCUT2D eigenvalue weighted by Crippen LogP contribution is -2.24. The van der Waals surface area contributed by atoms with Crippen LogP contribution in [-0.4, -0.2) is 38.0 Å². The van der Waals surface area contributed by atoms with Crippen LogP contribution in [0.4, 0.5) is 0 Å². The standard InChI is InChI=1S/C26H54N2O/c1-4-5-6-7-8-9-10-11-12-13-14-15-16-17-18-19-20-23-26(29)27-24-21-22-25-28(2)3/h4-25H2,1-3H3,(H,27,29). The van der Waals surface area contributed by atoms with Crippen LogP contribution in [0, 0.1) is 0 Å². The molecule has 3 nitrogen and oxygen atoms in total. The Bertz CT molecular complexity index is 331. The Hall–Kier alpha value is -0.570. The van der Waals surface area contributed by atoms with E-state index < -0.39 is 0 Å². The van der Waals surface area contributed by atoms with Crippen LogP contribution in [0.3, 0.4) is 0 Å². The third kappa shape index (κ3) is 25.4. The molecule has 0 radical (unpaired) electrons. The average molecular weight is 411 g/mol. The van der Waals surface area contributed by atoms with Crippen molar-refractivity contribution in [1.29, 1.82) is 0 Å². The molecule has 0 aliphatic heterocycles. The second-order valence-corrected chi connectivity index (χ2v) is 9.27. The Morgan fingerprint density at radius 2 is 1.00 bits per heavy atom. The van der Waals surface area contributed by atoms with Gasteiger partial charge in [0.25, 0.3) is 0 Å². The van der Waals surface area contributed by atoms with E-state index in [0.717, 1.165) is 32.4 Å². The number of rotatable bonds is 23. The lowest BCUT2D eigenvalue weighted by Gasteiger charge is -2.09. The number of carbonyl (C=O) groups excluding carboxylic acids is 1. The van der Waals surface area contributed by atoms with Crippen molar-refractivity contribution >= 4 is 5.91 Å². The van der Waals surface area contributed by atoms with Crippen molar-refractivity contribution in [2.24, 2.45) is 0 Å². The summed E-state index contributed by atoms with van der Waals surface area (Å²) in [5, 5.41) is 3.05. The first-order valence-corrected chi connectivity index (χ1v) is 13.1. The summed E-state index contributed by atoms with van der Waals surface area (Å²) in [6, 6.07) is 0. The zero-order valence-electron chi connectivity index (χ0n) is 20.4. The molecule has 29 heavy (non-hydrogen) atoms. The van der Waals surface area contributed by atoms with E-state index >= 15 is 0 Å². The zero-order valence-corrected chi connectivity index (χ0v) is 20.4. The number of amides is 1. The molecule has 0 heterocycles. The first-order chi connectivity index (χ1) is 14.2. The summed E-state index contributed by atoms with van der Waals surface area (Å²) in [6.07, 6.45) is 26.5. The van der Waals surface area contributed by atoms with E-state index in [9.17, 15) is 4.79 Å². The maximum absolute atomic E-state index is 11.8. The van der Waals surface area contributed by atoms with Crippen molar-refractivity contribution in [3.63, 3.8) is 0 Å². The van der Waals surface area contributed by atoms with Gasteiger partial charge in [0, 0.05) is 13.0 Å². The van der Waals surface area contributed by atoms with Gasteiger partial charge in [-0.1, -0.05) is 110 Å². The van der Waals surface area contributed by atoms with Crippen LogP contribution in [0.5, 0.6) is 0 Å². The summed E-state index contributed by atoms with van der Waals surface area (Å²) in [6.45, 7) is 4.23. The van der Waals surface area contributed by atoms with Crippen LogP contribution in [0.2, 0.25) is 0 Å². The predicted molar refractivity (Wildman–Crippen MR) is 130 cm³/mol. The van der Waals surface area contributed by atoms with Gasteiger partial charge in [0.1, 0.15) is 0 Å². The van der Waals surface area contributed by atoms with Gasteiger partial charge in [0.15, 0.2) is 0 Å². The highest BCUT2D eigenvalue weighted by molar-refractivity contribution is 5.75. The van der Waals surface area contributed by atoms with Crippen molar-refractivity contribution in [3.8, 4) is 0 Å². The number of nitrogens with zero attached hydrogens (tertiary/aromatic N) is 1. The minimum atomic E-state index is 0.246. The van der Waals surface area contributed by atoms with E-state index in [0.29, 0.717) is 6.42 Å². The van der Waals surface area contributed by atoms with Gasteiger partial charge < -0.3 is 10.2 Å². The topological polar surface area (TPSA) is 32.3 Å². The molecule has 174 valence electrons. The number of unbranched alkanes of at least 4 members (excludes halogenated alkanes) is 17. The molecular weight excluding hydrogens is 356 g/mol. The maximum atomic E-state index is 11.8. The Labute approximate surface area is 183 Å². The summed E-state index contributed by atoms with van der Waals surface area (Å²) in [4.78, 5) is 14.0. The van der Waals surface area contributed by atoms with Crippen molar-refractivity contribution in [2.75, 3.05) is 27.2 Å². The summed E-state index contributed by atoms with van der Waals surface area (Å²) in [5.74, 6) is 0.246. The summed E-state index contributed by atoms with van der Waals surface area (Å²) >= 11 is 0. The second kappa shape index (κ2) is 23.7. The molecule has 0 aromatic rings. The number of nitrogens with one attached hydrogen (secondary N) is 1. The molecule has 1 N–H and O–H groups in total. The molecule has 0 spiro atoms. The van der Waals surface area contributed by atoms with Crippen molar-refractivity contribution in [1.82, 2.24) is 10.2 Å². The molecule has 0 aromatic heterocycles. The normalized spacial score (nSPS) is 11.3. The molecule has 0 atom stereocenters. The van der Waals surface area contributed by atoms with Gasteiger partial charge in [-0.3, -0.25) is 4.79 Å². The quantitative estimate of drug-likeness (QED) is 0.177. The zero-order chi connectivity index (χ0) is 21.4. The van der Waals surface area contributed by atoms with Gasteiger partial charge in [-0.15, -0.1) is 0 Å². The highest BCUT2D eigenvalue weighted by Gasteiger charge is 2.01. The predicted octanol–water partition coefficient (Wildman–Crippen LogP) is 7.49. The minimum absolute atomic E-state index is 0.246. The van der Waals surface area contributed by atoms with Crippen LogP contribution in [-0.2, 0) is 4.79 Å². The molecule has 1 amide bonds. The van der Waals surface area contributed by atoms with Crippen LogP contribution < -0.4 is 5.32 Å². The molecule has 3 heteroatoms. The van der Waals surface area contributed by atoms with E-state index in [1.165, 1.54) is 103 Å². The first kappa shape index (κ1) is 28.4. The fourth-order valence-corrected chi connectivity index (χ4v) is 3.88. The second-order valence-electron chi connectivity index (χ2n) is 9.27. The molecule has 0 fully saturated rings. The highest BCUT2D eigenvalue weighted by Crippen LogP contribution is 2.14. The van der Waals surface area contributed by atoms with E-state index in [1.54, 1.807) is 0 Å². The van der Waals surface area contributed by atoms with Crippen molar-refractivity contribution in [3.05, 3.63) is 0 Å².